The highest BCUT2D eigenvalue weighted by atomic mass is 79.9. The molecule has 1 rings (SSSR count). The number of rotatable bonds is 7. The number of ether oxygens (including phenoxy) is 1. The Morgan fingerprint density at radius 1 is 1.05 bits per heavy atom. The zero-order chi connectivity index (χ0) is 15.8. The molecule has 1 aromatic rings. The largest absolute Gasteiger partial charge is 0.481 e. The fraction of sp³-hybridized carbons (Fsp3) is 0.467. The number of benzene rings is 1. The molecule has 0 fully saturated rings. The van der Waals surface area contributed by atoms with Crippen LogP contribution in [-0.2, 0) is 9.59 Å². The zero-order valence-electron chi connectivity index (χ0n) is 12.5. The van der Waals surface area contributed by atoms with E-state index in [-0.39, 0.29) is 17.7 Å². The van der Waals surface area contributed by atoms with Crippen molar-refractivity contribution in [2.75, 3.05) is 13.1 Å². The zero-order valence-corrected chi connectivity index (χ0v) is 14.1. The maximum atomic E-state index is 11.8. The fourth-order valence-electron chi connectivity index (χ4n) is 1.49. The molecule has 116 valence electrons. The Morgan fingerprint density at radius 2 is 1.57 bits per heavy atom. The van der Waals surface area contributed by atoms with Gasteiger partial charge < -0.3 is 15.4 Å². The second kappa shape index (κ2) is 8.67. The average molecular weight is 357 g/mol. The Morgan fingerprint density at radius 3 is 2.10 bits per heavy atom. The van der Waals surface area contributed by atoms with E-state index in [9.17, 15) is 9.59 Å². The van der Waals surface area contributed by atoms with Crippen molar-refractivity contribution in [3.63, 3.8) is 0 Å². The van der Waals surface area contributed by atoms with Gasteiger partial charge in [-0.3, -0.25) is 9.59 Å². The van der Waals surface area contributed by atoms with Crippen LogP contribution in [0.25, 0.3) is 0 Å². The molecule has 0 aliphatic rings. The first-order valence-electron chi connectivity index (χ1n) is 6.87. The molecule has 1 atom stereocenters. The van der Waals surface area contributed by atoms with Crippen molar-refractivity contribution < 1.29 is 14.3 Å². The van der Waals surface area contributed by atoms with Crippen LogP contribution >= 0.6 is 15.9 Å². The van der Waals surface area contributed by atoms with Crippen LogP contribution in [0.1, 0.15) is 20.8 Å². The van der Waals surface area contributed by atoms with Crippen molar-refractivity contribution in [3.05, 3.63) is 28.7 Å². The van der Waals surface area contributed by atoms with E-state index in [4.69, 9.17) is 4.74 Å². The maximum absolute atomic E-state index is 11.8. The highest BCUT2D eigenvalue weighted by Gasteiger charge is 2.14. The van der Waals surface area contributed by atoms with Crippen molar-refractivity contribution in [1.29, 1.82) is 0 Å². The summed E-state index contributed by atoms with van der Waals surface area (Å²) in [6, 6.07) is 7.27. The first kappa shape index (κ1) is 17.5. The van der Waals surface area contributed by atoms with Crippen LogP contribution in [0.5, 0.6) is 5.75 Å². The summed E-state index contributed by atoms with van der Waals surface area (Å²) in [5, 5.41) is 5.45. The van der Waals surface area contributed by atoms with Gasteiger partial charge in [0.2, 0.25) is 5.91 Å². The fourth-order valence-corrected chi connectivity index (χ4v) is 1.75. The summed E-state index contributed by atoms with van der Waals surface area (Å²) in [6.07, 6.45) is -0.591. The van der Waals surface area contributed by atoms with Crippen molar-refractivity contribution in [3.8, 4) is 5.75 Å². The van der Waals surface area contributed by atoms with Crippen LogP contribution in [0.15, 0.2) is 28.7 Å². The first-order chi connectivity index (χ1) is 9.90. The van der Waals surface area contributed by atoms with E-state index in [2.05, 4.69) is 26.6 Å². The number of halogens is 1. The van der Waals surface area contributed by atoms with E-state index in [0.717, 1.165) is 4.47 Å². The van der Waals surface area contributed by atoms with Crippen molar-refractivity contribution in [1.82, 2.24) is 10.6 Å². The second-order valence-electron chi connectivity index (χ2n) is 4.95. The van der Waals surface area contributed by atoms with Crippen molar-refractivity contribution in [2.45, 2.75) is 26.9 Å². The molecule has 0 heterocycles. The molecule has 6 heteroatoms. The van der Waals surface area contributed by atoms with Crippen LogP contribution < -0.4 is 15.4 Å². The number of hydrogen-bond donors (Lipinski definition) is 2. The van der Waals surface area contributed by atoms with Gasteiger partial charge in [0.05, 0.1) is 0 Å². The summed E-state index contributed by atoms with van der Waals surface area (Å²) in [6.45, 7) is 6.12. The summed E-state index contributed by atoms with van der Waals surface area (Å²) in [5.74, 6) is 0.342. The topological polar surface area (TPSA) is 67.4 Å². The van der Waals surface area contributed by atoms with E-state index in [1.807, 2.05) is 26.0 Å². The molecule has 0 aliphatic heterocycles. The van der Waals surface area contributed by atoms with Gasteiger partial charge in [-0.15, -0.1) is 0 Å². The van der Waals surface area contributed by atoms with Gasteiger partial charge in [0.25, 0.3) is 5.91 Å². The third-order valence-corrected chi connectivity index (χ3v) is 3.27. The highest BCUT2D eigenvalue weighted by molar-refractivity contribution is 9.10. The lowest BCUT2D eigenvalue weighted by Gasteiger charge is -2.15. The number of nitrogens with one attached hydrogen (secondary N) is 2. The highest BCUT2D eigenvalue weighted by Crippen LogP contribution is 2.17. The monoisotopic (exact) mass is 356 g/mol. The predicted molar refractivity (Wildman–Crippen MR) is 85.1 cm³/mol. The summed E-state index contributed by atoms with van der Waals surface area (Å²) in [4.78, 5) is 23.2. The minimum Gasteiger partial charge on any atom is -0.481 e. The van der Waals surface area contributed by atoms with Gasteiger partial charge in [-0.2, -0.15) is 0 Å². The molecule has 21 heavy (non-hydrogen) atoms. The average Bonchev–Trinajstić information content (AvgIpc) is 2.45. The lowest BCUT2D eigenvalue weighted by atomic mass is 10.2. The quantitative estimate of drug-likeness (QED) is 0.735. The third-order valence-electron chi connectivity index (χ3n) is 2.74. The predicted octanol–water partition coefficient (Wildman–Crippen LogP) is 2.10. The van der Waals surface area contributed by atoms with Gasteiger partial charge in [-0.05, 0) is 31.2 Å². The van der Waals surface area contributed by atoms with E-state index in [1.54, 1.807) is 19.1 Å². The lowest BCUT2D eigenvalue weighted by Crippen LogP contribution is -2.41. The summed E-state index contributed by atoms with van der Waals surface area (Å²) in [5.41, 5.74) is 0. The number of carbonyl (C=O) groups excluding carboxylic acids is 2. The SMILES string of the molecule is CC(C)C(=O)NCCNC(=O)C(C)Oc1ccc(Br)cc1. The molecular formula is C15H21BrN2O3. The molecule has 1 unspecified atom stereocenters. The van der Waals surface area contributed by atoms with Gasteiger partial charge in [0, 0.05) is 23.5 Å². The minimum atomic E-state index is -0.591. The molecule has 0 bridgehead atoms. The Balaban J connectivity index is 2.28. The van der Waals surface area contributed by atoms with E-state index >= 15 is 0 Å². The number of carbonyl (C=O) groups is 2. The van der Waals surface area contributed by atoms with E-state index < -0.39 is 6.10 Å². The Hall–Kier alpha value is -1.56. The standard InChI is InChI=1S/C15H21BrN2O3/c1-10(2)14(19)17-8-9-18-15(20)11(3)21-13-6-4-12(16)5-7-13/h4-7,10-11H,8-9H2,1-3H3,(H,17,19)(H,18,20). The van der Waals surface area contributed by atoms with Crippen molar-refractivity contribution in [2.24, 2.45) is 5.92 Å². The smallest absolute Gasteiger partial charge is 0.260 e. The number of hydrogen-bond acceptors (Lipinski definition) is 3. The molecule has 0 spiro atoms. The van der Waals surface area contributed by atoms with Crippen LogP contribution in [0, 0.1) is 5.92 Å². The van der Waals surface area contributed by atoms with Gasteiger partial charge in [-0.25, -0.2) is 0 Å². The molecule has 2 N–H and O–H groups in total. The lowest BCUT2D eigenvalue weighted by molar-refractivity contribution is -0.128. The normalized spacial score (nSPS) is 11.9. The molecule has 0 saturated heterocycles. The molecule has 0 saturated carbocycles. The summed E-state index contributed by atoms with van der Waals surface area (Å²) in [7, 11) is 0. The molecule has 0 radical (unpaired) electrons. The van der Waals surface area contributed by atoms with Gasteiger partial charge in [0.15, 0.2) is 6.10 Å². The maximum Gasteiger partial charge on any atom is 0.260 e. The molecule has 0 aromatic heterocycles. The summed E-state index contributed by atoms with van der Waals surface area (Å²) < 4.78 is 6.48. The van der Waals surface area contributed by atoms with Gasteiger partial charge in [-0.1, -0.05) is 29.8 Å². The molecular weight excluding hydrogens is 336 g/mol. The van der Waals surface area contributed by atoms with Crippen LogP contribution in [0.2, 0.25) is 0 Å². The number of amides is 2. The van der Waals surface area contributed by atoms with E-state index in [1.165, 1.54) is 0 Å². The summed E-state index contributed by atoms with van der Waals surface area (Å²) >= 11 is 3.34. The Kier molecular flexibility index (Phi) is 7.22. The van der Waals surface area contributed by atoms with Crippen molar-refractivity contribution >= 4 is 27.7 Å². The Labute approximate surface area is 133 Å². The molecule has 2 amide bonds. The van der Waals surface area contributed by atoms with E-state index in [0.29, 0.717) is 18.8 Å². The Bertz CT molecular complexity index is 474. The van der Waals surface area contributed by atoms with Crippen LogP contribution in [0.4, 0.5) is 0 Å². The van der Waals surface area contributed by atoms with Crippen LogP contribution in [-0.4, -0.2) is 31.0 Å². The molecule has 1 aromatic carbocycles. The third kappa shape index (κ3) is 6.62. The van der Waals surface area contributed by atoms with Gasteiger partial charge in [0.1, 0.15) is 5.75 Å². The van der Waals surface area contributed by atoms with Crippen LogP contribution in [0.3, 0.4) is 0 Å². The molecule has 0 aliphatic carbocycles. The molecule has 5 nitrogen and oxygen atoms in total. The minimum absolute atomic E-state index is 0.0246. The first-order valence-corrected chi connectivity index (χ1v) is 7.67. The van der Waals surface area contributed by atoms with Gasteiger partial charge >= 0.3 is 0 Å². The second-order valence-corrected chi connectivity index (χ2v) is 5.87.